The lowest BCUT2D eigenvalue weighted by Gasteiger charge is -2.06. The van der Waals surface area contributed by atoms with Crippen molar-refractivity contribution < 1.29 is 0 Å². The van der Waals surface area contributed by atoms with Crippen LogP contribution in [0.15, 0.2) is 27.5 Å². The first kappa shape index (κ1) is 14.0. The van der Waals surface area contributed by atoms with Crippen LogP contribution in [0, 0.1) is 13.8 Å². The molecule has 100 valence electrons. The van der Waals surface area contributed by atoms with Crippen molar-refractivity contribution >= 4 is 29.3 Å². The number of nitrogens with two attached hydrogens (primary N) is 1. The van der Waals surface area contributed by atoms with Crippen LogP contribution in [0.25, 0.3) is 0 Å². The summed E-state index contributed by atoms with van der Waals surface area (Å²) in [5.41, 5.74) is 4.40. The zero-order chi connectivity index (χ0) is 13.8. The third-order valence-electron chi connectivity index (χ3n) is 2.17. The lowest BCUT2D eigenvalue weighted by Crippen LogP contribution is -2.09. The molecule has 6 nitrogen and oxygen atoms in total. The molecule has 0 saturated heterocycles. The van der Waals surface area contributed by atoms with Gasteiger partial charge in [-0.3, -0.25) is 0 Å². The summed E-state index contributed by atoms with van der Waals surface area (Å²) in [6.45, 7) is 3.89. The second kappa shape index (κ2) is 6.18. The molecule has 0 aliphatic carbocycles. The Hall–Kier alpha value is -1.38. The van der Waals surface area contributed by atoms with Crippen LogP contribution in [-0.2, 0) is 0 Å². The van der Waals surface area contributed by atoms with Crippen LogP contribution in [-0.4, -0.2) is 26.2 Å². The second-order valence-electron chi connectivity index (χ2n) is 3.76. The molecule has 0 unspecified atom stereocenters. The first-order chi connectivity index (χ1) is 9.10. The number of nitrogens with one attached hydrogen (secondary N) is 1. The lowest BCUT2D eigenvalue weighted by molar-refractivity contribution is 0.872. The predicted octanol–water partition coefficient (Wildman–Crippen LogP) is 2.04. The summed E-state index contributed by atoms with van der Waals surface area (Å²) in [6, 6.07) is 3.70. The van der Waals surface area contributed by atoms with E-state index in [4.69, 9.17) is 5.84 Å². The summed E-state index contributed by atoms with van der Waals surface area (Å²) < 4.78 is 0. The van der Waals surface area contributed by atoms with Gasteiger partial charge >= 0.3 is 0 Å². The third-order valence-corrected chi connectivity index (χ3v) is 3.50. The highest BCUT2D eigenvalue weighted by Gasteiger charge is 2.08. The van der Waals surface area contributed by atoms with Crippen molar-refractivity contribution in [3.05, 3.63) is 23.5 Å². The van der Waals surface area contributed by atoms with Crippen molar-refractivity contribution in [1.29, 1.82) is 0 Å². The van der Waals surface area contributed by atoms with E-state index in [-0.39, 0.29) is 0 Å². The molecule has 2 heterocycles. The van der Waals surface area contributed by atoms with E-state index >= 15 is 0 Å². The molecule has 0 spiro atoms. The summed E-state index contributed by atoms with van der Waals surface area (Å²) in [6.07, 6.45) is 1.91. The number of hydrogen-bond donors (Lipinski definition) is 2. The van der Waals surface area contributed by atoms with E-state index in [0.29, 0.717) is 16.1 Å². The highest BCUT2D eigenvalue weighted by molar-refractivity contribution is 7.99. The molecule has 0 aromatic carbocycles. The molecule has 2 aromatic rings. The number of rotatable bonds is 4. The summed E-state index contributed by atoms with van der Waals surface area (Å²) in [7, 11) is 0. The average molecular weight is 294 g/mol. The predicted molar refractivity (Wildman–Crippen MR) is 77.3 cm³/mol. The third kappa shape index (κ3) is 3.79. The highest BCUT2D eigenvalue weighted by atomic mass is 32.2. The van der Waals surface area contributed by atoms with Gasteiger partial charge in [0.1, 0.15) is 10.8 Å². The molecular weight excluding hydrogens is 280 g/mol. The number of aromatic nitrogens is 4. The van der Waals surface area contributed by atoms with Crippen molar-refractivity contribution in [1.82, 2.24) is 19.9 Å². The van der Waals surface area contributed by atoms with E-state index in [9.17, 15) is 0 Å². The maximum Gasteiger partial charge on any atom is 0.194 e. The fraction of sp³-hybridized carbons (Fsp3) is 0.273. The van der Waals surface area contributed by atoms with Gasteiger partial charge < -0.3 is 5.43 Å². The molecule has 0 atom stereocenters. The Kier molecular flexibility index (Phi) is 4.56. The summed E-state index contributed by atoms with van der Waals surface area (Å²) in [5, 5.41) is 2.09. The minimum absolute atomic E-state index is 0.575. The first-order valence-electron chi connectivity index (χ1n) is 5.50. The van der Waals surface area contributed by atoms with Crippen molar-refractivity contribution in [2.24, 2.45) is 5.84 Å². The first-order valence-corrected chi connectivity index (χ1v) is 7.54. The Morgan fingerprint density at radius 2 is 1.68 bits per heavy atom. The smallest absolute Gasteiger partial charge is 0.194 e. The number of hydrazine groups is 1. The monoisotopic (exact) mass is 294 g/mol. The number of thioether (sulfide) groups is 1. The van der Waals surface area contributed by atoms with E-state index in [2.05, 4.69) is 25.4 Å². The van der Waals surface area contributed by atoms with Gasteiger partial charge in [0, 0.05) is 17.5 Å². The maximum absolute atomic E-state index is 5.39. The van der Waals surface area contributed by atoms with Crippen LogP contribution in [0.3, 0.4) is 0 Å². The number of hydrogen-bond acceptors (Lipinski definition) is 8. The van der Waals surface area contributed by atoms with Gasteiger partial charge in [-0.25, -0.2) is 25.8 Å². The summed E-state index contributed by atoms with van der Waals surface area (Å²) in [4.78, 5) is 17.3. The number of aryl methyl sites for hydroxylation is 2. The molecular formula is C11H14N6S2. The van der Waals surface area contributed by atoms with Crippen LogP contribution in [0.4, 0.5) is 5.82 Å². The number of nitrogen functional groups attached to an aromatic ring is 1. The van der Waals surface area contributed by atoms with E-state index < -0.39 is 0 Å². The fourth-order valence-electron chi connectivity index (χ4n) is 1.45. The van der Waals surface area contributed by atoms with Gasteiger partial charge in [0.15, 0.2) is 10.3 Å². The molecule has 2 aromatic heterocycles. The minimum atomic E-state index is 0.575. The zero-order valence-electron chi connectivity index (χ0n) is 10.8. The van der Waals surface area contributed by atoms with Crippen LogP contribution in [0.1, 0.15) is 11.4 Å². The van der Waals surface area contributed by atoms with Gasteiger partial charge in [-0.2, -0.15) is 0 Å². The highest BCUT2D eigenvalue weighted by Crippen LogP contribution is 2.26. The standard InChI is InChI=1S/C11H14N6S2/c1-6-4-7(2)14-11(13-6)19-9-5-8(17-12)15-10(16-9)18-3/h4-5H,12H2,1-3H3,(H,15,16,17). The van der Waals surface area contributed by atoms with Crippen LogP contribution in [0.5, 0.6) is 0 Å². The Balaban J connectivity index is 2.31. The molecule has 0 saturated carbocycles. The van der Waals surface area contributed by atoms with Gasteiger partial charge in [-0.05, 0) is 37.9 Å². The Labute approximate surface area is 120 Å². The zero-order valence-corrected chi connectivity index (χ0v) is 12.5. The Morgan fingerprint density at radius 1 is 1.00 bits per heavy atom. The quantitative estimate of drug-likeness (QED) is 0.291. The van der Waals surface area contributed by atoms with Crippen LogP contribution < -0.4 is 11.3 Å². The average Bonchev–Trinajstić information content (AvgIpc) is 2.37. The minimum Gasteiger partial charge on any atom is -0.308 e. The molecule has 0 fully saturated rings. The Morgan fingerprint density at radius 3 is 2.26 bits per heavy atom. The van der Waals surface area contributed by atoms with Crippen molar-refractivity contribution in [3.63, 3.8) is 0 Å². The number of nitrogens with zero attached hydrogens (tertiary/aromatic N) is 4. The van der Waals surface area contributed by atoms with Gasteiger partial charge in [-0.15, -0.1) is 0 Å². The summed E-state index contributed by atoms with van der Waals surface area (Å²) >= 11 is 2.85. The van der Waals surface area contributed by atoms with E-state index in [1.54, 1.807) is 6.07 Å². The second-order valence-corrected chi connectivity index (χ2v) is 5.52. The molecule has 19 heavy (non-hydrogen) atoms. The van der Waals surface area contributed by atoms with Gasteiger partial charge in [-0.1, -0.05) is 11.8 Å². The fourth-order valence-corrected chi connectivity index (χ4v) is 2.76. The molecule has 8 heteroatoms. The summed E-state index contributed by atoms with van der Waals surface area (Å²) in [5.74, 6) is 5.97. The SMILES string of the molecule is CSc1nc(NN)cc(Sc2nc(C)cc(C)n2)n1. The topological polar surface area (TPSA) is 89.6 Å². The van der Waals surface area contributed by atoms with Gasteiger partial charge in [0.05, 0.1) is 0 Å². The Bertz CT molecular complexity index is 547. The van der Waals surface area contributed by atoms with Crippen molar-refractivity contribution in [2.75, 3.05) is 11.7 Å². The maximum atomic E-state index is 5.39. The molecule has 0 radical (unpaired) electrons. The van der Waals surface area contributed by atoms with Gasteiger partial charge in [0.2, 0.25) is 0 Å². The lowest BCUT2D eigenvalue weighted by atomic mass is 10.4. The molecule has 3 N–H and O–H groups in total. The van der Waals surface area contributed by atoms with Crippen molar-refractivity contribution in [2.45, 2.75) is 29.2 Å². The molecule has 2 rings (SSSR count). The van der Waals surface area contributed by atoms with Crippen LogP contribution in [0.2, 0.25) is 0 Å². The van der Waals surface area contributed by atoms with Crippen LogP contribution >= 0.6 is 23.5 Å². The van der Waals surface area contributed by atoms with E-state index in [1.165, 1.54) is 23.5 Å². The number of anilines is 1. The molecule has 0 aliphatic heterocycles. The molecule has 0 aliphatic rings. The van der Waals surface area contributed by atoms with Gasteiger partial charge in [0.25, 0.3) is 0 Å². The normalized spacial score (nSPS) is 10.5. The molecule has 0 amide bonds. The van der Waals surface area contributed by atoms with E-state index in [1.807, 2.05) is 26.2 Å². The van der Waals surface area contributed by atoms with E-state index in [0.717, 1.165) is 16.4 Å². The molecule has 0 bridgehead atoms. The van der Waals surface area contributed by atoms with Crippen molar-refractivity contribution in [3.8, 4) is 0 Å². The largest absolute Gasteiger partial charge is 0.308 e.